The second-order valence-electron chi connectivity index (χ2n) is 27.9. The molecule has 0 amide bonds. The van der Waals surface area contributed by atoms with Gasteiger partial charge in [0.1, 0.15) is 18.5 Å². The average molecular weight is 1500 g/mol. The van der Waals surface area contributed by atoms with E-state index in [-0.39, 0.29) is 28.8 Å². The molecule has 0 radical (unpaired) electrons. The highest BCUT2D eigenvalue weighted by Gasteiger charge is 2.45. The number of nitrogens with zero attached hydrogens (tertiary/aromatic N) is 3. The third-order valence-electron chi connectivity index (χ3n) is 19.4. The van der Waals surface area contributed by atoms with Crippen LogP contribution in [-0.2, 0) is 50.2 Å². The van der Waals surface area contributed by atoms with Crippen molar-refractivity contribution in [3.63, 3.8) is 0 Å². The first kappa shape index (κ1) is 82.5. The minimum Gasteiger partial charge on any atom is -0.491 e. The summed E-state index contributed by atoms with van der Waals surface area (Å²) in [4.78, 5) is 86.1. The number of thioether (sulfide) groups is 1. The van der Waals surface area contributed by atoms with Crippen LogP contribution in [0.1, 0.15) is 156 Å². The number of aromatic nitrogens is 1. The monoisotopic (exact) mass is 1500 g/mol. The molecular weight excluding hydrogens is 1400 g/mol. The normalized spacial score (nSPS) is 14.5. The van der Waals surface area contributed by atoms with Crippen LogP contribution in [0.15, 0.2) is 204 Å². The Morgan fingerprint density at radius 1 is 0.593 bits per heavy atom. The molecule has 0 spiro atoms. The summed E-state index contributed by atoms with van der Waals surface area (Å²) >= 11 is 1.69. The molecule has 1 unspecified atom stereocenters. The highest BCUT2D eigenvalue weighted by molar-refractivity contribution is 8.01. The van der Waals surface area contributed by atoms with Crippen LogP contribution in [-0.4, -0.2) is 127 Å². The predicted molar refractivity (Wildman–Crippen MR) is 430 cm³/mol. The number of hydrogen-bond acceptors (Lipinski definition) is 17. The summed E-state index contributed by atoms with van der Waals surface area (Å²) in [5.41, 5.74) is 11.7. The van der Waals surface area contributed by atoms with Gasteiger partial charge in [-0.05, 0) is 190 Å². The lowest BCUT2D eigenvalue weighted by atomic mass is 9.91. The van der Waals surface area contributed by atoms with Gasteiger partial charge < -0.3 is 42.4 Å². The molecule has 10 aromatic rings. The number of morpholine rings is 1. The highest BCUT2D eigenvalue weighted by Crippen LogP contribution is 2.53. The topological polar surface area (TPSA) is 205 Å². The van der Waals surface area contributed by atoms with Crippen LogP contribution in [0.2, 0.25) is 0 Å². The minimum absolute atomic E-state index is 0.0543. The van der Waals surface area contributed by atoms with Gasteiger partial charge in [0.15, 0.2) is 17.4 Å². The smallest absolute Gasteiger partial charge is 0.331 e. The molecule has 17 nitrogen and oxygen atoms in total. The SMILES string of the molecule is CCn1c2ccc(C(=O)c3ccc(OCC4COC(C)(C)O4)cc3C)cc2c2cc(/C(C)=N/OC(C)=O)ccc21.COC(OC)(C(=O)c1ccccc1)c1ccccc1.CSc1ccc(C(=O)C(C)(C)N2CCOCC2)cc1.Cc1cc(C)c(C(=O)P(=O)(C(=O)c2c(C)cc(C)cc2C)c2ccccc2)c(C)c1. The molecule has 2 saturated heterocycles. The van der Waals surface area contributed by atoms with E-state index in [9.17, 15) is 33.3 Å². The third kappa shape index (κ3) is 18.7. The second-order valence-corrected chi connectivity index (χ2v) is 31.4. The maximum Gasteiger partial charge on any atom is 0.331 e. The Kier molecular flexibility index (Phi) is 27.6. The van der Waals surface area contributed by atoms with E-state index in [1.807, 2.05) is 234 Å². The van der Waals surface area contributed by atoms with Gasteiger partial charge >= 0.3 is 5.97 Å². The average Bonchev–Trinajstić information content (AvgIpc) is 1.08. The number of hydrogen-bond donors (Lipinski definition) is 0. The fraction of sp³-hybridized carbons (Fsp3) is 0.315. The Labute approximate surface area is 638 Å². The van der Waals surface area contributed by atoms with Gasteiger partial charge in [-0.25, -0.2) is 4.79 Å². The molecular formula is C89H98N3O14PS. The number of ether oxygens (including phenoxy) is 6. The first-order chi connectivity index (χ1) is 51.4. The molecule has 564 valence electrons. The van der Waals surface area contributed by atoms with Gasteiger partial charge in [0.2, 0.25) is 24.0 Å². The van der Waals surface area contributed by atoms with E-state index in [4.69, 9.17) is 33.3 Å². The summed E-state index contributed by atoms with van der Waals surface area (Å²) in [5, 5.41) is 6.19. The molecule has 12 rings (SSSR count). The number of aryl methyl sites for hydroxylation is 8. The van der Waals surface area contributed by atoms with Gasteiger partial charge in [-0.15, -0.1) is 11.8 Å². The zero-order valence-corrected chi connectivity index (χ0v) is 66.6. The first-order valence-corrected chi connectivity index (χ1v) is 38.9. The van der Waals surface area contributed by atoms with Crippen molar-refractivity contribution < 1.29 is 66.6 Å². The second kappa shape index (κ2) is 36.1. The minimum atomic E-state index is -4.11. The maximum atomic E-state index is 14.5. The molecule has 2 aliphatic heterocycles. The zero-order valence-electron chi connectivity index (χ0n) is 64.9. The summed E-state index contributed by atoms with van der Waals surface area (Å²) in [6.07, 6.45) is 1.90. The number of oxime groups is 1. The standard InChI is InChI=1S/C32H34N2O6.C26H27O3P.C16H16O3.C15H21NO2S/c1-7-34-29-12-8-22(20(3)33-40-21(4)35)15-27(29)28-16-23(9-13-30(28)34)31(36)26-11-10-24(14-19(26)2)37-17-25-18-38-32(5,6)39-25;1-16-12-18(3)23(19(4)13-16)25(27)30(29,22-10-8-7-9-11-22)26(28)24-20(5)14-17(2)15-21(24)6;1-18-16(19-2,14-11-7-4-8-12-14)15(17)13-9-5-3-6-10-13;1-15(2,16-8-10-18-11-9-16)14(17)12-4-6-13(19-3)7-5-12/h8-16,25H,7,17-18H2,1-6H3;7-15H,1-6H3;3-12H,1-2H3;4-7H,8-11H2,1-3H3/b33-20+;;;. The van der Waals surface area contributed by atoms with Crippen molar-refractivity contribution in [2.45, 2.75) is 132 Å². The molecule has 3 heterocycles. The molecule has 19 heteroatoms. The van der Waals surface area contributed by atoms with E-state index in [1.54, 1.807) is 61.2 Å². The largest absolute Gasteiger partial charge is 0.491 e. The molecule has 0 bridgehead atoms. The summed E-state index contributed by atoms with van der Waals surface area (Å²) in [6.45, 7) is 30.8. The highest BCUT2D eigenvalue weighted by atomic mass is 32.2. The quantitative estimate of drug-likeness (QED) is 0.0118. The molecule has 1 aromatic heterocycles. The van der Waals surface area contributed by atoms with E-state index >= 15 is 0 Å². The number of carbonyl (C=O) groups is 6. The maximum absolute atomic E-state index is 14.5. The van der Waals surface area contributed by atoms with Gasteiger partial charge in [0, 0.05) is 112 Å². The van der Waals surface area contributed by atoms with Crippen molar-refractivity contribution in [3.8, 4) is 5.75 Å². The number of carbonyl (C=O) groups excluding carboxylic acids is 6. The Morgan fingerprint density at radius 3 is 1.56 bits per heavy atom. The van der Waals surface area contributed by atoms with E-state index in [2.05, 4.69) is 21.5 Å². The molecule has 108 heavy (non-hydrogen) atoms. The molecule has 1 atom stereocenters. The van der Waals surface area contributed by atoms with Crippen molar-refractivity contribution in [1.29, 1.82) is 0 Å². The fourth-order valence-corrected chi connectivity index (χ4v) is 16.9. The fourth-order valence-electron chi connectivity index (χ4n) is 13.9. The zero-order chi connectivity index (χ0) is 78.4. The van der Waals surface area contributed by atoms with E-state index in [1.165, 1.54) is 26.0 Å². The lowest BCUT2D eigenvalue weighted by Crippen LogP contribution is -2.54. The number of fused-ring (bicyclic) bond motifs is 3. The molecule has 0 N–H and O–H groups in total. The Bertz CT molecular complexity index is 4880. The van der Waals surface area contributed by atoms with Crippen LogP contribution in [0.25, 0.3) is 21.8 Å². The van der Waals surface area contributed by atoms with E-state index in [0.29, 0.717) is 71.3 Å². The molecule has 2 fully saturated rings. The van der Waals surface area contributed by atoms with E-state index in [0.717, 1.165) is 91.5 Å². The van der Waals surface area contributed by atoms with Crippen molar-refractivity contribution in [2.75, 3.05) is 60.0 Å². The van der Waals surface area contributed by atoms with Gasteiger partial charge in [-0.3, -0.25) is 28.9 Å². The van der Waals surface area contributed by atoms with Crippen molar-refractivity contribution in [3.05, 3.63) is 278 Å². The van der Waals surface area contributed by atoms with Crippen LogP contribution in [0.5, 0.6) is 5.75 Å². The Hall–Kier alpha value is -9.59. The third-order valence-corrected chi connectivity index (χ3v) is 22.7. The number of ketones is 3. The molecule has 9 aromatic carbocycles. The van der Waals surface area contributed by atoms with Crippen LogP contribution in [0, 0.1) is 48.5 Å². The summed E-state index contributed by atoms with van der Waals surface area (Å²) in [7, 11) is -1.17. The first-order valence-electron chi connectivity index (χ1n) is 36.0. The lowest BCUT2D eigenvalue weighted by molar-refractivity contribution is -0.176. The predicted octanol–water partition coefficient (Wildman–Crippen LogP) is 18.1. The van der Waals surface area contributed by atoms with Crippen molar-refractivity contribution in [2.24, 2.45) is 5.16 Å². The van der Waals surface area contributed by atoms with E-state index < -0.39 is 41.3 Å². The van der Waals surface area contributed by atoms with Crippen LogP contribution in [0.4, 0.5) is 0 Å². The van der Waals surface area contributed by atoms with Crippen LogP contribution < -0.4 is 10.0 Å². The Balaban J connectivity index is 0.000000175. The number of methoxy groups -OCH3 is 2. The van der Waals surface area contributed by atoms with Gasteiger partial charge in [-0.2, -0.15) is 0 Å². The van der Waals surface area contributed by atoms with Crippen molar-refractivity contribution in [1.82, 2.24) is 9.47 Å². The lowest BCUT2D eigenvalue weighted by Gasteiger charge is -2.39. The summed E-state index contributed by atoms with van der Waals surface area (Å²) in [5.74, 6) is -1.87. The number of rotatable bonds is 22. The Morgan fingerprint density at radius 2 is 1.08 bits per heavy atom. The van der Waals surface area contributed by atoms with Crippen molar-refractivity contribution >= 4 is 86.1 Å². The van der Waals surface area contributed by atoms with Gasteiger partial charge in [0.25, 0.3) is 5.79 Å². The molecule has 0 aliphatic carbocycles. The van der Waals surface area contributed by atoms with Gasteiger partial charge in [-0.1, -0.05) is 150 Å². The number of benzene rings is 9. The molecule has 2 aliphatic rings. The number of Topliss-reactive ketones (excluding diaryl/α,β-unsaturated/α-hetero) is 2. The summed E-state index contributed by atoms with van der Waals surface area (Å²) in [6, 6.07) is 59.5. The van der Waals surface area contributed by atoms with Crippen LogP contribution in [0.3, 0.4) is 0 Å². The summed E-state index contributed by atoms with van der Waals surface area (Å²) < 4.78 is 50.2. The molecule has 0 saturated carbocycles. The van der Waals surface area contributed by atoms with Crippen LogP contribution >= 0.6 is 18.9 Å². The van der Waals surface area contributed by atoms with Gasteiger partial charge in [0.05, 0.1) is 31.1 Å².